The molecular formula is C18H18F2N8OS. The van der Waals surface area contributed by atoms with Crippen molar-refractivity contribution >= 4 is 27.6 Å². The van der Waals surface area contributed by atoms with Gasteiger partial charge in [0.05, 0.1) is 24.0 Å². The molecule has 0 amide bonds. The molecule has 1 atom stereocenters. The Balaban J connectivity index is 1.75. The number of morpholine rings is 1. The summed E-state index contributed by atoms with van der Waals surface area (Å²) in [5.74, 6) is 0.735. The Hall–Kier alpha value is -2.99. The second-order valence-corrected chi connectivity index (χ2v) is 7.90. The number of alkyl halides is 2. The molecule has 1 N–H and O–H groups in total. The maximum Gasteiger partial charge on any atom is 0.321 e. The highest BCUT2D eigenvalue weighted by molar-refractivity contribution is 7.14. The van der Waals surface area contributed by atoms with Gasteiger partial charge in [0.15, 0.2) is 5.82 Å². The van der Waals surface area contributed by atoms with Crippen molar-refractivity contribution in [3.8, 4) is 22.8 Å². The molecule has 156 valence electrons. The van der Waals surface area contributed by atoms with Crippen molar-refractivity contribution in [2.45, 2.75) is 26.4 Å². The zero-order valence-corrected chi connectivity index (χ0v) is 17.0. The second kappa shape index (κ2) is 7.36. The third-order valence-electron chi connectivity index (χ3n) is 5.05. The zero-order chi connectivity index (χ0) is 20.8. The van der Waals surface area contributed by atoms with E-state index in [2.05, 4.69) is 29.7 Å². The van der Waals surface area contributed by atoms with Gasteiger partial charge in [-0.05, 0) is 37.5 Å². The molecule has 0 unspecified atom stereocenters. The van der Waals surface area contributed by atoms with Crippen LogP contribution in [-0.4, -0.2) is 60.1 Å². The number of fused-ring (bicyclic) bond motifs is 1. The van der Waals surface area contributed by atoms with Crippen LogP contribution in [0.3, 0.4) is 0 Å². The summed E-state index contributed by atoms with van der Waals surface area (Å²) < 4.78 is 38.6. The van der Waals surface area contributed by atoms with Gasteiger partial charge in [0.2, 0.25) is 0 Å². The van der Waals surface area contributed by atoms with E-state index in [4.69, 9.17) is 9.72 Å². The molecule has 4 aromatic rings. The molecule has 0 saturated carbocycles. The molecule has 30 heavy (non-hydrogen) atoms. The van der Waals surface area contributed by atoms with Crippen LogP contribution in [0.4, 0.5) is 14.6 Å². The summed E-state index contributed by atoms with van der Waals surface area (Å²) >= 11 is 1.18. The second-order valence-electron chi connectivity index (χ2n) is 7.13. The number of nitrogens with zero attached hydrogens (tertiary/aromatic N) is 7. The number of aryl methyl sites for hydroxylation is 1. The Morgan fingerprint density at radius 1 is 1.33 bits per heavy atom. The third-order valence-corrected chi connectivity index (χ3v) is 5.92. The molecule has 1 fully saturated rings. The third kappa shape index (κ3) is 3.12. The number of aromatic nitrogens is 7. The number of halogens is 2. The molecule has 0 spiro atoms. The van der Waals surface area contributed by atoms with Gasteiger partial charge in [-0.15, -0.1) is 10.2 Å². The van der Waals surface area contributed by atoms with Crippen molar-refractivity contribution in [1.29, 1.82) is 0 Å². The van der Waals surface area contributed by atoms with E-state index in [-0.39, 0.29) is 11.9 Å². The van der Waals surface area contributed by atoms with Gasteiger partial charge >= 0.3 is 6.55 Å². The highest BCUT2D eigenvalue weighted by atomic mass is 32.1. The summed E-state index contributed by atoms with van der Waals surface area (Å²) in [5, 5.41) is 14.9. The Kier molecular flexibility index (Phi) is 4.66. The van der Waals surface area contributed by atoms with Crippen LogP contribution in [0.2, 0.25) is 0 Å². The molecule has 1 aliphatic rings. The maximum absolute atomic E-state index is 13.6. The first-order chi connectivity index (χ1) is 14.5. The van der Waals surface area contributed by atoms with E-state index in [1.165, 1.54) is 11.5 Å². The van der Waals surface area contributed by atoms with Gasteiger partial charge in [0.25, 0.3) is 0 Å². The monoisotopic (exact) mass is 432 g/mol. The number of hydrogen-bond acceptors (Lipinski definition) is 8. The van der Waals surface area contributed by atoms with Gasteiger partial charge in [-0.3, -0.25) is 9.67 Å². The van der Waals surface area contributed by atoms with Crippen LogP contribution in [-0.2, 0) is 4.74 Å². The van der Waals surface area contributed by atoms with E-state index < -0.39 is 6.55 Å². The van der Waals surface area contributed by atoms with Gasteiger partial charge < -0.3 is 9.64 Å². The fourth-order valence-corrected chi connectivity index (χ4v) is 4.41. The number of H-pyrrole nitrogens is 1. The van der Waals surface area contributed by atoms with Gasteiger partial charge in [0, 0.05) is 17.8 Å². The van der Waals surface area contributed by atoms with E-state index in [9.17, 15) is 8.78 Å². The fraction of sp³-hybridized carbons (Fsp3) is 0.389. The lowest BCUT2D eigenvalue weighted by atomic mass is 10.1. The highest BCUT2D eigenvalue weighted by Crippen LogP contribution is 2.38. The van der Waals surface area contributed by atoms with Gasteiger partial charge in [-0.25, -0.2) is 4.98 Å². The van der Waals surface area contributed by atoms with Crippen molar-refractivity contribution in [3.63, 3.8) is 0 Å². The van der Waals surface area contributed by atoms with Crippen molar-refractivity contribution in [2.75, 3.05) is 24.7 Å². The number of hydrogen-bond donors (Lipinski definition) is 1. The summed E-state index contributed by atoms with van der Waals surface area (Å²) in [7, 11) is 0. The summed E-state index contributed by atoms with van der Waals surface area (Å²) in [6.45, 7) is 2.96. The van der Waals surface area contributed by atoms with Crippen molar-refractivity contribution in [1.82, 2.24) is 34.3 Å². The average molecular weight is 432 g/mol. The first-order valence-corrected chi connectivity index (χ1v) is 10.2. The number of rotatable bonds is 4. The lowest BCUT2D eigenvalue weighted by Crippen LogP contribution is -2.44. The summed E-state index contributed by atoms with van der Waals surface area (Å²) in [4.78, 5) is 6.96. The maximum atomic E-state index is 13.6. The minimum absolute atomic E-state index is 0.0768. The largest absolute Gasteiger partial charge is 0.377 e. The Bertz CT molecular complexity index is 1200. The quantitative estimate of drug-likeness (QED) is 0.529. The topological polar surface area (TPSA) is 97.6 Å². The van der Waals surface area contributed by atoms with Crippen LogP contribution < -0.4 is 4.90 Å². The smallest absolute Gasteiger partial charge is 0.321 e. The van der Waals surface area contributed by atoms with E-state index in [1.54, 1.807) is 6.07 Å². The van der Waals surface area contributed by atoms with Crippen LogP contribution >= 0.6 is 11.5 Å². The number of aromatic amines is 1. The number of ether oxygens (including phenoxy) is 1. The number of nitrogens with one attached hydrogen (secondary N) is 1. The molecule has 5 heterocycles. The normalized spacial score (nSPS) is 17.4. The Morgan fingerprint density at radius 2 is 2.20 bits per heavy atom. The van der Waals surface area contributed by atoms with Gasteiger partial charge in [0.1, 0.15) is 29.0 Å². The Morgan fingerprint density at radius 3 is 2.93 bits per heavy atom. The van der Waals surface area contributed by atoms with Crippen molar-refractivity contribution < 1.29 is 13.5 Å². The molecule has 0 aliphatic carbocycles. The van der Waals surface area contributed by atoms with E-state index in [0.717, 1.165) is 16.6 Å². The summed E-state index contributed by atoms with van der Waals surface area (Å²) in [5.41, 5.74) is 3.26. The summed E-state index contributed by atoms with van der Waals surface area (Å²) in [6.07, 6.45) is 1.03. The predicted octanol–water partition coefficient (Wildman–Crippen LogP) is 3.27. The molecule has 1 saturated heterocycles. The molecule has 1 aliphatic heterocycles. The average Bonchev–Trinajstić information content (AvgIpc) is 3.46. The van der Waals surface area contributed by atoms with Crippen LogP contribution in [0, 0.1) is 6.92 Å². The molecule has 0 bridgehead atoms. The minimum Gasteiger partial charge on any atom is -0.377 e. The Labute approximate surface area is 173 Å². The standard InChI is InChI=1S/C18H18F2N8OS/c1-9-5-12(24-23-9)14-15-16(30-26-14)11(17-25-21-8-28(17)18(19)20)6-13(22-15)27-3-4-29-7-10(27)2/h5-6,8,10,18H,3-4,7H2,1-2H3,(H,23,24)/t10-/m1/s1. The van der Waals surface area contributed by atoms with E-state index in [0.29, 0.717) is 52.7 Å². The van der Waals surface area contributed by atoms with Crippen LogP contribution in [0.15, 0.2) is 18.5 Å². The first-order valence-electron chi connectivity index (χ1n) is 9.38. The lowest BCUT2D eigenvalue weighted by Gasteiger charge is -2.34. The van der Waals surface area contributed by atoms with E-state index >= 15 is 0 Å². The van der Waals surface area contributed by atoms with Crippen molar-refractivity contribution in [3.05, 3.63) is 24.2 Å². The SMILES string of the molecule is Cc1cc(-c2nsc3c(-c4nncn4C(F)F)cc(N4CCOC[C@H]4C)nc23)n[nH]1. The minimum atomic E-state index is -2.76. The molecule has 5 rings (SSSR count). The fourth-order valence-electron chi connectivity index (χ4n) is 3.57. The number of pyridine rings is 1. The number of anilines is 1. The van der Waals surface area contributed by atoms with Crippen LogP contribution in [0.1, 0.15) is 19.2 Å². The van der Waals surface area contributed by atoms with Crippen LogP contribution in [0.25, 0.3) is 33.0 Å². The lowest BCUT2D eigenvalue weighted by molar-refractivity contribution is 0.0716. The molecule has 4 aromatic heterocycles. The van der Waals surface area contributed by atoms with Gasteiger partial charge in [-0.1, -0.05) is 0 Å². The zero-order valence-electron chi connectivity index (χ0n) is 16.2. The molecule has 0 radical (unpaired) electrons. The molecule has 9 nitrogen and oxygen atoms in total. The summed E-state index contributed by atoms with van der Waals surface area (Å²) in [6, 6.07) is 3.75. The molecular weight excluding hydrogens is 414 g/mol. The highest BCUT2D eigenvalue weighted by Gasteiger charge is 2.26. The van der Waals surface area contributed by atoms with Crippen LogP contribution in [0.5, 0.6) is 0 Å². The predicted molar refractivity (Wildman–Crippen MR) is 108 cm³/mol. The van der Waals surface area contributed by atoms with Crippen molar-refractivity contribution in [2.24, 2.45) is 0 Å². The molecule has 12 heteroatoms. The first kappa shape index (κ1) is 19.0. The van der Waals surface area contributed by atoms with Gasteiger partial charge in [-0.2, -0.15) is 18.3 Å². The molecule has 0 aromatic carbocycles. The van der Waals surface area contributed by atoms with E-state index in [1.807, 2.05) is 19.9 Å².